The monoisotopic (exact) mass is 605 g/mol. The summed E-state index contributed by atoms with van der Waals surface area (Å²) in [5.41, 5.74) is 11.3. The SMILES string of the molecule is CC.CC.CC.CC.CC.CC.CC.Cc1c(C)c(C)c(C)c(C)c1C.c1ccc(-c2ccccc2)cc1.c1ccccc1. The summed E-state index contributed by atoms with van der Waals surface area (Å²) in [6.45, 7) is 41.3. The van der Waals surface area contributed by atoms with Crippen LogP contribution in [-0.2, 0) is 0 Å². The highest BCUT2D eigenvalue weighted by Gasteiger charge is 2.07. The maximum atomic E-state index is 2.21. The molecule has 0 heteroatoms. The van der Waals surface area contributed by atoms with Gasteiger partial charge in [-0.25, -0.2) is 0 Å². The Hall–Kier alpha value is -3.12. The Kier molecular flexibility index (Phi) is 53.8. The second-order valence-corrected chi connectivity index (χ2v) is 7.64. The van der Waals surface area contributed by atoms with Gasteiger partial charge in [0.25, 0.3) is 0 Å². The van der Waals surface area contributed by atoms with Gasteiger partial charge in [0.05, 0.1) is 0 Å². The van der Waals surface area contributed by atoms with E-state index in [0.717, 1.165) is 0 Å². The third kappa shape index (κ3) is 25.4. The molecule has 44 heavy (non-hydrogen) atoms. The standard InChI is InChI=1S/C12H10.C12H18.C6H6.7C2H6/c1-3-7-11(8-4-1)12-9-5-2-6-10-12;1-7-8(2)10(4)12(6)11(5)9(7)3;1-2-4-6-5-3-1;7*1-2/h1-10H;1-6H3;1-6H;7*1-2H3. The highest BCUT2D eigenvalue weighted by atomic mass is 14.1. The molecule has 0 aliphatic heterocycles. The van der Waals surface area contributed by atoms with Gasteiger partial charge in [-0.3, -0.25) is 0 Å². The van der Waals surface area contributed by atoms with E-state index in [1.807, 2.05) is 145 Å². The van der Waals surface area contributed by atoms with Crippen LogP contribution < -0.4 is 0 Å². The fourth-order valence-corrected chi connectivity index (χ4v) is 3.33. The summed E-state index contributed by atoms with van der Waals surface area (Å²) < 4.78 is 0. The molecule has 0 heterocycles. The summed E-state index contributed by atoms with van der Waals surface area (Å²) in [6, 6.07) is 32.8. The number of rotatable bonds is 1. The highest BCUT2D eigenvalue weighted by molar-refractivity contribution is 5.62. The van der Waals surface area contributed by atoms with Gasteiger partial charge in [0, 0.05) is 0 Å². The first-order valence-electron chi connectivity index (χ1n) is 17.6. The van der Waals surface area contributed by atoms with Crippen molar-refractivity contribution in [3.05, 3.63) is 130 Å². The van der Waals surface area contributed by atoms with Crippen LogP contribution in [0.1, 0.15) is 130 Å². The molecule has 0 spiro atoms. The van der Waals surface area contributed by atoms with E-state index in [9.17, 15) is 0 Å². The lowest BCUT2D eigenvalue weighted by molar-refractivity contribution is 1.13. The van der Waals surface area contributed by atoms with Gasteiger partial charge in [0.2, 0.25) is 0 Å². The third-order valence-electron chi connectivity index (χ3n) is 5.92. The lowest BCUT2D eigenvalue weighted by Gasteiger charge is -2.15. The Labute approximate surface area is 279 Å². The molecular weight excluding hydrogens is 528 g/mol. The van der Waals surface area contributed by atoms with Crippen molar-refractivity contribution in [1.82, 2.24) is 0 Å². The lowest BCUT2D eigenvalue weighted by Crippen LogP contribution is -1.98. The molecule has 0 aromatic heterocycles. The van der Waals surface area contributed by atoms with Crippen LogP contribution in [0.15, 0.2) is 97.1 Å². The molecule has 0 fully saturated rings. The molecule has 0 bridgehead atoms. The summed E-state index contributed by atoms with van der Waals surface area (Å²) in [6.07, 6.45) is 0. The second-order valence-electron chi connectivity index (χ2n) is 7.64. The minimum atomic E-state index is 1.28. The Morgan fingerprint density at radius 3 is 0.455 bits per heavy atom. The Morgan fingerprint density at radius 1 is 0.205 bits per heavy atom. The van der Waals surface area contributed by atoms with Crippen LogP contribution in [0.5, 0.6) is 0 Å². The average Bonchev–Trinajstić information content (AvgIpc) is 3.17. The zero-order valence-corrected chi connectivity index (χ0v) is 33.2. The largest absolute Gasteiger partial charge is 0.0683 e. The van der Waals surface area contributed by atoms with Crippen LogP contribution in [0.4, 0.5) is 0 Å². The normalized spacial score (nSPS) is 7.55. The molecule has 0 N–H and O–H groups in total. The molecule has 4 aromatic carbocycles. The smallest absolute Gasteiger partial charge is 0.0184 e. The van der Waals surface area contributed by atoms with E-state index >= 15 is 0 Å². The quantitative estimate of drug-likeness (QED) is 0.203. The van der Waals surface area contributed by atoms with Crippen LogP contribution in [0.2, 0.25) is 0 Å². The first kappa shape index (κ1) is 53.4. The van der Waals surface area contributed by atoms with Crippen molar-refractivity contribution in [2.24, 2.45) is 0 Å². The fraction of sp³-hybridized carbons (Fsp3) is 0.455. The summed E-state index contributed by atoms with van der Waals surface area (Å²) in [5, 5.41) is 0. The van der Waals surface area contributed by atoms with E-state index in [2.05, 4.69) is 90.1 Å². The molecule has 0 amide bonds. The lowest BCUT2D eigenvalue weighted by atomic mass is 9.90. The molecule has 0 atom stereocenters. The van der Waals surface area contributed by atoms with Gasteiger partial charge in [-0.2, -0.15) is 0 Å². The van der Waals surface area contributed by atoms with Crippen molar-refractivity contribution in [3.8, 4) is 11.1 Å². The summed E-state index contributed by atoms with van der Waals surface area (Å²) in [7, 11) is 0. The van der Waals surface area contributed by atoms with Crippen LogP contribution >= 0.6 is 0 Å². The van der Waals surface area contributed by atoms with Gasteiger partial charge in [-0.1, -0.05) is 194 Å². The molecule has 252 valence electrons. The topological polar surface area (TPSA) is 0 Å². The van der Waals surface area contributed by atoms with Gasteiger partial charge in [0.15, 0.2) is 0 Å². The van der Waals surface area contributed by atoms with Crippen molar-refractivity contribution >= 4 is 0 Å². The molecule has 4 rings (SSSR count). The minimum absolute atomic E-state index is 1.28. The molecule has 0 saturated carbocycles. The van der Waals surface area contributed by atoms with Crippen molar-refractivity contribution in [2.75, 3.05) is 0 Å². The van der Waals surface area contributed by atoms with E-state index in [4.69, 9.17) is 0 Å². The van der Waals surface area contributed by atoms with Crippen LogP contribution in [-0.4, -0.2) is 0 Å². The van der Waals surface area contributed by atoms with Crippen molar-refractivity contribution in [3.63, 3.8) is 0 Å². The highest BCUT2D eigenvalue weighted by Crippen LogP contribution is 2.24. The number of benzene rings is 4. The molecule has 4 aromatic rings. The molecule has 0 unspecified atom stereocenters. The predicted molar refractivity (Wildman–Crippen MR) is 213 cm³/mol. The van der Waals surface area contributed by atoms with Gasteiger partial charge in [-0.15, -0.1) is 0 Å². The van der Waals surface area contributed by atoms with Crippen LogP contribution in [0.3, 0.4) is 0 Å². The Bertz CT molecular complexity index is 845. The predicted octanol–water partition coefficient (Wildman–Crippen LogP) is 15.8. The van der Waals surface area contributed by atoms with E-state index < -0.39 is 0 Å². The zero-order chi connectivity index (χ0) is 35.9. The number of hydrogen-bond donors (Lipinski definition) is 0. The summed E-state index contributed by atoms with van der Waals surface area (Å²) in [5.74, 6) is 0. The maximum absolute atomic E-state index is 2.21. The van der Waals surface area contributed by atoms with Crippen molar-refractivity contribution < 1.29 is 0 Å². The molecule has 0 saturated heterocycles. The van der Waals surface area contributed by atoms with Crippen molar-refractivity contribution in [1.29, 1.82) is 0 Å². The van der Waals surface area contributed by atoms with Gasteiger partial charge in [0.1, 0.15) is 0 Å². The van der Waals surface area contributed by atoms with Gasteiger partial charge >= 0.3 is 0 Å². The molecular formula is C44H76. The summed E-state index contributed by atoms with van der Waals surface area (Å²) in [4.78, 5) is 0. The Balaban J connectivity index is -0.000000105. The molecule has 0 aliphatic carbocycles. The minimum Gasteiger partial charge on any atom is -0.0683 e. The maximum Gasteiger partial charge on any atom is -0.0184 e. The Morgan fingerprint density at radius 2 is 0.318 bits per heavy atom. The first-order chi connectivity index (χ1) is 21.4. The number of hydrogen-bond acceptors (Lipinski definition) is 0. The molecule has 0 aliphatic rings. The van der Waals surface area contributed by atoms with Crippen molar-refractivity contribution in [2.45, 2.75) is 138 Å². The van der Waals surface area contributed by atoms with E-state index in [0.29, 0.717) is 0 Å². The van der Waals surface area contributed by atoms with E-state index in [-0.39, 0.29) is 0 Å². The third-order valence-corrected chi connectivity index (χ3v) is 5.92. The van der Waals surface area contributed by atoms with Crippen LogP contribution in [0.25, 0.3) is 11.1 Å². The summed E-state index contributed by atoms with van der Waals surface area (Å²) >= 11 is 0. The van der Waals surface area contributed by atoms with E-state index in [1.54, 1.807) is 0 Å². The van der Waals surface area contributed by atoms with Crippen LogP contribution in [0, 0.1) is 41.5 Å². The zero-order valence-electron chi connectivity index (χ0n) is 33.2. The van der Waals surface area contributed by atoms with E-state index in [1.165, 1.54) is 44.5 Å². The second kappa shape index (κ2) is 44.3. The van der Waals surface area contributed by atoms with Gasteiger partial charge in [-0.05, 0) is 86.1 Å². The molecule has 0 nitrogen and oxygen atoms in total. The van der Waals surface area contributed by atoms with Gasteiger partial charge < -0.3 is 0 Å². The first-order valence-corrected chi connectivity index (χ1v) is 17.6. The average molecular weight is 605 g/mol. The molecule has 0 radical (unpaired) electrons. The fourth-order valence-electron chi connectivity index (χ4n) is 3.33.